The van der Waals surface area contributed by atoms with E-state index in [0.717, 1.165) is 32.3 Å². The molecule has 1 saturated heterocycles. The van der Waals surface area contributed by atoms with Crippen molar-refractivity contribution in [3.05, 3.63) is 12.2 Å². The summed E-state index contributed by atoms with van der Waals surface area (Å²) in [4.78, 5) is 9.86. The molecule has 0 radical (unpaired) electrons. The van der Waals surface area contributed by atoms with Gasteiger partial charge in [0.1, 0.15) is 6.29 Å². The van der Waals surface area contributed by atoms with Gasteiger partial charge in [0.05, 0.1) is 0 Å². The highest BCUT2D eigenvalue weighted by Gasteiger charge is 2.12. The lowest BCUT2D eigenvalue weighted by Gasteiger charge is -1.99. The van der Waals surface area contributed by atoms with E-state index in [1.54, 1.807) is 6.08 Å². The fourth-order valence-electron chi connectivity index (χ4n) is 1.10. The molecule has 0 aromatic carbocycles. The van der Waals surface area contributed by atoms with Crippen LogP contribution in [0.3, 0.4) is 0 Å². The minimum atomic E-state index is 0.649. The monoisotopic (exact) mass is 140 g/mol. The fourth-order valence-corrected chi connectivity index (χ4v) is 1.10. The molecule has 1 atom stereocenters. The van der Waals surface area contributed by atoms with Crippen molar-refractivity contribution in [3.63, 3.8) is 0 Å². The molecule has 0 bridgehead atoms. The van der Waals surface area contributed by atoms with Gasteiger partial charge in [0.2, 0.25) is 0 Å². The van der Waals surface area contributed by atoms with Crippen molar-refractivity contribution in [2.45, 2.75) is 12.8 Å². The van der Waals surface area contributed by atoms with Crippen LogP contribution in [0.2, 0.25) is 0 Å². The fraction of sp³-hybridized carbons (Fsp3) is 0.625. The zero-order chi connectivity index (χ0) is 7.23. The van der Waals surface area contributed by atoms with E-state index in [1.807, 2.05) is 6.08 Å². The quantitative estimate of drug-likeness (QED) is 0.434. The Bertz CT molecular complexity index is 123. The molecule has 0 aromatic heterocycles. The number of aldehydes is 1. The molecular weight excluding hydrogens is 128 g/mol. The molecule has 1 aliphatic heterocycles. The Morgan fingerprint density at radius 2 is 2.50 bits per heavy atom. The zero-order valence-electron chi connectivity index (χ0n) is 5.95. The van der Waals surface area contributed by atoms with Crippen LogP contribution in [0.5, 0.6) is 0 Å². The van der Waals surface area contributed by atoms with Gasteiger partial charge in [-0.15, -0.1) is 0 Å². The van der Waals surface area contributed by atoms with Crippen LogP contribution in [0, 0.1) is 5.92 Å². The lowest BCUT2D eigenvalue weighted by molar-refractivity contribution is -0.104. The molecule has 1 rings (SSSR count). The minimum Gasteiger partial charge on any atom is -0.381 e. The summed E-state index contributed by atoms with van der Waals surface area (Å²) < 4.78 is 5.17. The number of carbonyl (C=O) groups excluding carboxylic acids is 1. The first-order valence-corrected chi connectivity index (χ1v) is 3.61. The molecule has 1 fully saturated rings. The predicted molar refractivity (Wildman–Crippen MR) is 38.7 cm³/mol. The average Bonchev–Trinajstić information content (AvgIpc) is 2.41. The molecule has 2 heteroatoms. The maximum absolute atomic E-state index is 9.86. The van der Waals surface area contributed by atoms with Crippen molar-refractivity contribution < 1.29 is 9.53 Å². The number of ether oxygens (including phenoxy) is 1. The van der Waals surface area contributed by atoms with Gasteiger partial charge in [0.15, 0.2) is 0 Å². The van der Waals surface area contributed by atoms with Gasteiger partial charge in [0, 0.05) is 13.2 Å². The minimum absolute atomic E-state index is 0.649. The van der Waals surface area contributed by atoms with Gasteiger partial charge in [-0.25, -0.2) is 0 Å². The maximum atomic E-state index is 9.86. The van der Waals surface area contributed by atoms with Crippen molar-refractivity contribution in [3.8, 4) is 0 Å². The standard InChI is InChI=1S/C8H12O2/c9-5-2-1-3-8-4-6-10-7-8/h1-2,5,8H,3-4,6-7H2/b2-1-. The second kappa shape index (κ2) is 4.23. The van der Waals surface area contributed by atoms with Crippen LogP contribution in [0.1, 0.15) is 12.8 Å². The molecule has 0 saturated carbocycles. The Hall–Kier alpha value is -0.630. The highest BCUT2D eigenvalue weighted by Crippen LogP contribution is 2.15. The van der Waals surface area contributed by atoms with E-state index in [9.17, 15) is 4.79 Å². The molecule has 1 unspecified atom stereocenters. The van der Waals surface area contributed by atoms with E-state index < -0.39 is 0 Å². The first-order chi connectivity index (χ1) is 4.93. The van der Waals surface area contributed by atoms with Gasteiger partial charge in [-0.05, 0) is 24.8 Å². The molecule has 56 valence electrons. The zero-order valence-corrected chi connectivity index (χ0v) is 5.95. The van der Waals surface area contributed by atoms with E-state index in [-0.39, 0.29) is 0 Å². The Labute approximate surface area is 60.9 Å². The second-order valence-corrected chi connectivity index (χ2v) is 2.53. The van der Waals surface area contributed by atoms with E-state index in [2.05, 4.69) is 0 Å². The van der Waals surface area contributed by atoms with Crippen molar-refractivity contribution in [1.82, 2.24) is 0 Å². The van der Waals surface area contributed by atoms with Crippen molar-refractivity contribution in [2.75, 3.05) is 13.2 Å². The Balaban J connectivity index is 2.12. The second-order valence-electron chi connectivity index (χ2n) is 2.53. The number of rotatable bonds is 3. The number of allylic oxidation sites excluding steroid dienone is 2. The molecule has 0 spiro atoms. The highest BCUT2D eigenvalue weighted by molar-refractivity contribution is 5.64. The first-order valence-electron chi connectivity index (χ1n) is 3.61. The predicted octanol–water partition coefficient (Wildman–Crippen LogP) is 1.17. The summed E-state index contributed by atoms with van der Waals surface area (Å²) in [6.07, 6.45) is 6.41. The maximum Gasteiger partial charge on any atom is 0.142 e. The molecule has 10 heavy (non-hydrogen) atoms. The van der Waals surface area contributed by atoms with Crippen LogP contribution in [0.25, 0.3) is 0 Å². The molecule has 0 amide bonds. The lowest BCUT2D eigenvalue weighted by Crippen LogP contribution is -1.95. The van der Waals surface area contributed by atoms with Gasteiger partial charge >= 0.3 is 0 Å². The smallest absolute Gasteiger partial charge is 0.142 e. The Morgan fingerprint density at radius 1 is 1.60 bits per heavy atom. The van der Waals surface area contributed by atoms with Crippen LogP contribution in [-0.2, 0) is 9.53 Å². The van der Waals surface area contributed by atoms with Gasteiger partial charge in [-0.3, -0.25) is 4.79 Å². The van der Waals surface area contributed by atoms with Crippen molar-refractivity contribution in [1.29, 1.82) is 0 Å². The third-order valence-corrected chi connectivity index (χ3v) is 1.71. The van der Waals surface area contributed by atoms with Gasteiger partial charge in [-0.2, -0.15) is 0 Å². The average molecular weight is 140 g/mol. The third kappa shape index (κ3) is 2.31. The van der Waals surface area contributed by atoms with E-state index in [4.69, 9.17) is 4.74 Å². The van der Waals surface area contributed by atoms with Gasteiger partial charge in [0.25, 0.3) is 0 Å². The lowest BCUT2D eigenvalue weighted by atomic mass is 10.1. The summed E-state index contributed by atoms with van der Waals surface area (Å²) in [5.74, 6) is 0.649. The summed E-state index contributed by atoms with van der Waals surface area (Å²) in [5, 5.41) is 0. The topological polar surface area (TPSA) is 26.3 Å². The number of carbonyl (C=O) groups is 1. The first kappa shape index (κ1) is 7.48. The summed E-state index contributed by atoms with van der Waals surface area (Å²) in [6, 6.07) is 0. The van der Waals surface area contributed by atoms with E-state index in [0.29, 0.717) is 5.92 Å². The molecule has 1 aliphatic rings. The molecule has 1 heterocycles. The molecule has 2 nitrogen and oxygen atoms in total. The Morgan fingerprint density at radius 3 is 3.10 bits per heavy atom. The number of hydrogen-bond donors (Lipinski definition) is 0. The summed E-state index contributed by atoms with van der Waals surface area (Å²) >= 11 is 0. The van der Waals surface area contributed by atoms with Crippen LogP contribution in [0.4, 0.5) is 0 Å². The molecule has 0 N–H and O–H groups in total. The largest absolute Gasteiger partial charge is 0.381 e. The summed E-state index contributed by atoms with van der Waals surface area (Å²) in [7, 11) is 0. The van der Waals surface area contributed by atoms with Gasteiger partial charge < -0.3 is 4.74 Å². The molecule has 0 aliphatic carbocycles. The van der Waals surface area contributed by atoms with Crippen LogP contribution >= 0.6 is 0 Å². The van der Waals surface area contributed by atoms with Crippen LogP contribution in [-0.4, -0.2) is 19.5 Å². The summed E-state index contributed by atoms with van der Waals surface area (Å²) in [6.45, 7) is 1.75. The van der Waals surface area contributed by atoms with Crippen molar-refractivity contribution >= 4 is 6.29 Å². The third-order valence-electron chi connectivity index (χ3n) is 1.71. The summed E-state index contributed by atoms with van der Waals surface area (Å²) in [5.41, 5.74) is 0. The normalized spacial score (nSPS) is 25.8. The molecule has 0 aromatic rings. The van der Waals surface area contributed by atoms with Crippen LogP contribution < -0.4 is 0 Å². The Kier molecular flexibility index (Phi) is 3.16. The molecular formula is C8H12O2. The van der Waals surface area contributed by atoms with Crippen LogP contribution in [0.15, 0.2) is 12.2 Å². The van der Waals surface area contributed by atoms with Crippen molar-refractivity contribution in [2.24, 2.45) is 5.92 Å². The highest BCUT2D eigenvalue weighted by atomic mass is 16.5. The van der Waals surface area contributed by atoms with E-state index >= 15 is 0 Å². The van der Waals surface area contributed by atoms with Gasteiger partial charge in [-0.1, -0.05) is 6.08 Å². The van der Waals surface area contributed by atoms with E-state index in [1.165, 1.54) is 0 Å². The number of hydrogen-bond acceptors (Lipinski definition) is 2. The SMILES string of the molecule is O=C/C=C\CC1CCOC1.